The Hall–Kier alpha value is -3.18. The molecule has 138 valence electrons. The molecule has 0 radical (unpaired) electrons. The van der Waals surface area contributed by atoms with E-state index in [4.69, 9.17) is 9.47 Å². The molecule has 1 aliphatic rings. The molecule has 0 fully saturated rings. The number of allylic oxidation sites excluding steroid dienone is 1. The van der Waals surface area contributed by atoms with Crippen molar-refractivity contribution in [2.24, 2.45) is 0 Å². The average molecular weight is 435 g/mol. The van der Waals surface area contributed by atoms with E-state index in [2.05, 4.69) is 15.9 Å². The molecule has 0 aliphatic carbocycles. The highest BCUT2D eigenvalue weighted by Gasteiger charge is 2.28. The molecule has 4 rings (SSSR count). The molecule has 0 spiro atoms. The Morgan fingerprint density at radius 3 is 2.50 bits per heavy atom. The Bertz CT molecular complexity index is 1070. The standard InChI is InChI=1S/C23H15BrO4/c24-17-8-6-16(7-9-17)12-21-23(26)19-11-10-18(14-20(19)28-21)27-22(25)13-15-4-2-1-3-5-15/h1-12,14H,13H2/b21-12-. The molecule has 1 heterocycles. The number of ketones is 1. The van der Waals surface area contributed by atoms with Gasteiger partial charge in [0.15, 0.2) is 5.76 Å². The molecule has 5 heteroatoms. The van der Waals surface area contributed by atoms with Crippen LogP contribution in [0.3, 0.4) is 0 Å². The number of benzene rings is 3. The third-order valence-corrected chi connectivity index (χ3v) is 4.76. The van der Waals surface area contributed by atoms with Crippen LogP contribution < -0.4 is 9.47 Å². The Labute approximate surface area is 170 Å². The lowest BCUT2D eigenvalue weighted by Crippen LogP contribution is -2.11. The smallest absolute Gasteiger partial charge is 0.315 e. The summed E-state index contributed by atoms with van der Waals surface area (Å²) < 4.78 is 12.1. The first kappa shape index (κ1) is 18.2. The van der Waals surface area contributed by atoms with Crippen LogP contribution in [0.1, 0.15) is 21.5 Å². The summed E-state index contributed by atoms with van der Waals surface area (Å²) in [6.45, 7) is 0. The fourth-order valence-corrected chi connectivity index (χ4v) is 3.14. The highest BCUT2D eigenvalue weighted by Crippen LogP contribution is 2.35. The van der Waals surface area contributed by atoms with E-state index in [9.17, 15) is 9.59 Å². The molecule has 1 aliphatic heterocycles. The van der Waals surface area contributed by atoms with Crippen molar-refractivity contribution < 1.29 is 19.1 Å². The van der Waals surface area contributed by atoms with Gasteiger partial charge < -0.3 is 9.47 Å². The van der Waals surface area contributed by atoms with Gasteiger partial charge in [0.2, 0.25) is 5.78 Å². The summed E-state index contributed by atoms with van der Waals surface area (Å²) in [5.41, 5.74) is 2.18. The second-order valence-electron chi connectivity index (χ2n) is 6.29. The number of rotatable bonds is 4. The fraction of sp³-hybridized carbons (Fsp3) is 0.0435. The van der Waals surface area contributed by atoms with Gasteiger partial charge >= 0.3 is 5.97 Å². The zero-order chi connectivity index (χ0) is 19.5. The van der Waals surface area contributed by atoms with Crippen molar-refractivity contribution in [2.45, 2.75) is 6.42 Å². The highest BCUT2D eigenvalue weighted by atomic mass is 79.9. The lowest BCUT2D eigenvalue weighted by Gasteiger charge is -2.06. The number of Topliss-reactive ketones (excluding diaryl/α,β-unsaturated/α-hetero) is 1. The second-order valence-corrected chi connectivity index (χ2v) is 7.20. The van der Waals surface area contributed by atoms with Crippen LogP contribution >= 0.6 is 15.9 Å². The van der Waals surface area contributed by atoms with Gasteiger partial charge in [-0.05, 0) is 41.5 Å². The van der Waals surface area contributed by atoms with E-state index in [0.29, 0.717) is 17.1 Å². The van der Waals surface area contributed by atoms with Crippen LogP contribution in [0.5, 0.6) is 11.5 Å². The third kappa shape index (κ3) is 4.05. The maximum atomic E-state index is 12.5. The molecular formula is C23H15BrO4. The van der Waals surface area contributed by atoms with E-state index in [0.717, 1.165) is 15.6 Å². The number of carbonyl (C=O) groups is 2. The number of carbonyl (C=O) groups excluding carboxylic acids is 2. The largest absolute Gasteiger partial charge is 0.452 e. The molecular weight excluding hydrogens is 420 g/mol. The molecule has 0 aromatic heterocycles. The Balaban J connectivity index is 1.49. The molecule has 0 atom stereocenters. The van der Waals surface area contributed by atoms with Gasteiger partial charge in [-0.15, -0.1) is 0 Å². The highest BCUT2D eigenvalue weighted by molar-refractivity contribution is 9.10. The Kier molecular flexibility index (Phi) is 5.08. The monoisotopic (exact) mass is 434 g/mol. The Morgan fingerprint density at radius 1 is 1.00 bits per heavy atom. The van der Waals surface area contributed by atoms with Crippen LogP contribution in [-0.2, 0) is 11.2 Å². The molecule has 0 saturated carbocycles. The first-order valence-electron chi connectivity index (χ1n) is 8.67. The van der Waals surface area contributed by atoms with Gasteiger partial charge in [-0.2, -0.15) is 0 Å². The van der Waals surface area contributed by atoms with Crippen molar-refractivity contribution in [3.05, 3.63) is 99.7 Å². The van der Waals surface area contributed by atoms with Gasteiger partial charge in [0.05, 0.1) is 12.0 Å². The predicted octanol–water partition coefficient (Wildman–Crippen LogP) is 5.21. The number of esters is 1. The topological polar surface area (TPSA) is 52.6 Å². The summed E-state index contributed by atoms with van der Waals surface area (Å²) in [6.07, 6.45) is 1.86. The van der Waals surface area contributed by atoms with Crippen molar-refractivity contribution in [2.75, 3.05) is 0 Å². The van der Waals surface area contributed by atoms with Crippen molar-refractivity contribution in [3.63, 3.8) is 0 Å². The van der Waals surface area contributed by atoms with E-state index in [1.54, 1.807) is 24.3 Å². The molecule has 0 saturated heterocycles. The van der Waals surface area contributed by atoms with Crippen molar-refractivity contribution in [1.82, 2.24) is 0 Å². The summed E-state index contributed by atoms with van der Waals surface area (Å²) in [4.78, 5) is 24.7. The summed E-state index contributed by atoms with van der Waals surface area (Å²) in [5.74, 6) is 0.405. The predicted molar refractivity (Wildman–Crippen MR) is 109 cm³/mol. The normalized spacial score (nSPS) is 13.9. The summed E-state index contributed by atoms with van der Waals surface area (Å²) in [6, 6.07) is 21.7. The van der Waals surface area contributed by atoms with Crippen LogP contribution in [0.2, 0.25) is 0 Å². The van der Waals surface area contributed by atoms with E-state index in [1.807, 2.05) is 54.6 Å². The van der Waals surface area contributed by atoms with Crippen molar-refractivity contribution >= 4 is 33.8 Å². The molecule has 28 heavy (non-hydrogen) atoms. The molecule has 0 bridgehead atoms. The SMILES string of the molecule is O=C(Cc1ccccc1)Oc1ccc2c(c1)O/C(=C\c1ccc(Br)cc1)C2=O. The molecule has 0 N–H and O–H groups in total. The molecule has 0 unspecified atom stereocenters. The molecule has 0 amide bonds. The average Bonchev–Trinajstić information content (AvgIpc) is 2.99. The maximum Gasteiger partial charge on any atom is 0.315 e. The fourth-order valence-electron chi connectivity index (χ4n) is 2.87. The van der Waals surface area contributed by atoms with E-state index >= 15 is 0 Å². The minimum absolute atomic E-state index is 0.173. The van der Waals surface area contributed by atoms with E-state index < -0.39 is 0 Å². The van der Waals surface area contributed by atoms with Crippen LogP contribution in [0.4, 0.5) is 0 Å². The summed E-state index contributed by atoms with van der Waals surface area (Å²) in [5, 5.41) is 0. The summed E-state index contributed by atoms with van der Waals surface area (Å²) >= 11 is 3.38. The number of halogens is 1. The van der Waals surface area contributed by atoms with Crippen molar-refractivity contribution in [1.29, 1.82) is 0 Å². The minimum Gasteiger partial charge on any atom is -0.452 e. The second kappa shape index (κ2) is 7.82. The van der Waals surface area contributed by atoms with Crippen LogP contribution in [-0.4, -0.2) is 11.8 Å². The zero-order valence-corrected chi connectivity index (χ0v) is 16.3. The minimum atomic E-state index is -0.374. The van der Waals surface area contributed by atoms with Gasteiger partial charge in [-0.1, -0.05) is 58.4 Å². The molecule has 3 aromatic carbocycles. The quantitative estimate of drug-likeness (QED) is 0.321. The van der Waals surface area contributed by atoms with Crippen LogP contribution in [0.25, 0.3) is 6.08 Å². The van der Waals surface area contributed by atoms with E-state index in [1.165, 1.54) is 0 Å². The molecule has 4 nitrogen and oxygen atoms in total. The van der Waals surface area contributed by atoms with Gasteiger partial charge in [0, 0.05) is 10.5 Å². The number of fused-ring (bicyclic) bond motifs is 1. The van der Waals surface area contributed by atoms with Crippen LogP contribution in [0.15, 0.2) is 83.0 Å². The van der Waals surface area contributed by atoms with Gasteiger partial charge in [0.1, 0.15) is 11.5 Å². The maximum absolute atomic E-state index is 12.5. The number of ether oxygens (including phenoxy) is 2. The van der Waals surface area contributed by atoms with E-state index in [-0.39, 0.29) is 23.9 Å². The lowest BCUT2D eigenvalue weighted by atomic mass is 10.1. The zero-order valence-electron chi connectivity index (χ0n) is 14.7. The van der Waals surface area contributed by atoms with Gasteiger partial charge in [-0.3, -0.25) is 9.59 Å². The number of hydrogen-bond donors (Lipinski definition) is 0. The first-order valence-corrected chi connectivity index (χ1v) is 9.46. The third-order valence-electron chi connectivity index (χ3n) is 4.23. The molecule has 3 aromatic rings. The van der Waals surface area contributed by atoms with Gasteiger partial charge in [0.25, 0.3) is 0 Å². The van der Waals surface area contributed by atoms with Crippen molar-refractivity contribution in [3.8, 4) is 11.5 Å². The first-order chi connectivity index (χ1) is 13.6. The summed E-state index contributed by atoms with van der Waals surface area (Å²) in [7, 11) is 0. The van der Waals surface area contributed by atoms with Crippen LogP contribution in [0, 0.1) is 0 Å². The van der Waals surface area contributed by atoms with Gasteiger partial charge in [-0.25, -0.2) is 0 Å². The number of hydrogen-bond acceptors (Lipinski definition) is 4. The lowest BCUT2D eigenvalue weighted by molar-refractivity contribution is -0.133. The Morgan fingerprint density at radius 2 is 1.75 bits per heavy atom.